The fraction of sp³-hybridized carbons (Fsp3) is 0.444. The van der Waals surface area contributed by atoms with Crippen LogP contribution in [-0.2, 0) is 4.79 Å². The van der Waals surface area contributed by atoms with Gasteiger partial charge in [0.25, 0.3) is 5.91 Å². The van der Waals surface area contributed by atoms with Crippen LogP contribution < -0.4 is 0 Å². The molecule has 4 nitrogen and oxygen atoms in total. The van der Waals surface area contributed by atoms with Crippen molar-refractivity contribution in [2.45, 2.75) is 20.8 Å². The van der Waals surface area contributed by atoms with Crippen LogP contribution in [0.3, 0.4) is 0 Å². The second-order valence-electron chi connectivity index (χ2n) is 3.22. The molecule has 0 N–H and O–H groups in total. The van der Waals surface area contributed by atoms with E-state index in [1.807, 2.05) is 13.8 Å². The van der Waals surface area contributed by atoms with Gasteiger partial charge in [-0.1, -0.05) is 5.57 Å². The molecule has 0 unspecified atom stereocenters. The Morgan fingerprint density at radius 1 is 1.31 bits per heavy atom. The average Bonchev–Trinajstić information content (AvgIpc) is 1.99. The molecule has 0 radical (unpaired) electrons. The topological polar surface area (TPSA) is 49.7 Å². The van der Waals surface area contributed by atoms with E-state index in [0.717, 1.165) is 10.5 Å². The first-order valence-corrected chi connectivity index (χ1v) is 4.00. The van der Waals surface area contributed by atoms with Crippen LogP contribution in [0.25, 0.3) is 0 Å². The molecule has 0 aromatic heterocycles. The van der Waals surface area contributed by atoms with E-state index in [1.165, 1.54) is 7.05 Å². The molecule has 0 fully saturated rings. The van der Waals surface area contributed by atoms with Crippen molar-refractivity contribution in [1.29, 1.82) is 0 Å². The van der Waals surface area contributed by atoms with E-state index in [4.69, 9.17) is 0 Å². The molecular weight excluding hydrogens is 168 g/mol. The van der Waals surface area contributed by atoms with Gasteiger partial charge in [-0.15, -0.1) is 0 Å². The number of amides is 3. The Balaban J connectivity index is 3.29. The second kappa shape index (κ2) is 3.12. The normalized spacial score (nSPS) is 17.7. The Morgan fingerprint density at radius 3 is 2.31 bits per heavy atom. The Kier molecular flexibility index (Phi) is 2.32. The molecule has 0 aromatic rings. The molecule has 0 saturated carbocycles. The molecule has 1 heterocycles. The van der Waals surface area contributed by atoms with Crippen molar-refractivity contribution in [2.24, 2.45) is 4.99 Å². The molecule has 0 aromatic carbocycles. The van der Waals surface area contributed by atoms with E-state index in [0.29, 0.717) is 11.3 Å². The number of allylic oxidation sites excluding steroid dienone is 1. The summed E-state index contributed by atoms with van der Waals surface area (Å²) >= 11 is 0. The molecule has 13 heavy (non-hydrogen) atoms. The average molecular weight is 180 g/mol. The zero-order chi connectivity index (χ0) is 10.2. The van der Waals surface area contributed by atoms with Crippen molar-refractivity contribution in [3.63, 3.8) is 0 Å². The number of aliphatic imine (C=N–C) groups is 1. The summed E-state index contributed by atoms with van der Waals surface area (Å²) in [4.78, 5) is 27.4. The van der Waals surface area contributed by atoms with Gasteiger partial charge in [0, 0.05) is 7.05 Å². The molecule has 3 amide bonds. The van der Waals surface area contributed by atoms with E-state index in [2.05, 4.69) is 4.99 Å². The highest BCUT2D eigenvalue weighted by Crippen LogP contribution is 2.15. The largest absolute Gasteiger partial charge is 0.350 e. The van der Waals surface area contributed by atoms with Crippen molar-refractivity contribution in [3.05, 3.63) is 11.1 Å². The van der Waals surface area contributed by atoms with Crippen molar-refractivity contribution in [3.8, 4) is 0 Å². The summed E-state index contributed by atoms with van der Waals surface area (Å²) in [6.07, 6.45) is 0. The first kappa shape index (κ1) is 9.64. The number of hydrogen-bond acceptors (Lipinski definition) is 2. The third-order valence-electron chi connectivity index (χ3n) is 1.93. The van der Waals surface area contributed by atoms with Crippen molar-refractivity contribution in [1.82, 2.24) is 4.90 Å². The van der Waals surface area contributed by atoms with E-state index in [1.54, 1.807) is 6.92 Å². The van der Waals surface area contributed by atoms with Gasteiger partial charge in [-0.2, -0.15) is 4.99 Å². The van der Waals surface area contributed by atoms with Gasteiger partial charge in [0.05, 0.1) is 11.3 Å². The molecule has 0 spiro atoms. The molecular formula is C9H12N2O2. The summed E-state index contributed by atoms with van der Waals surface area (Å²) in [5.41, 5.74) is 1.93. The minimum atomic E-state index is -0.493. The van der Waals surface area contributed by atoms with Crippen LogP contribution in [0.1, 0.15) is 20.8 Å². The van der Waals surface area contributed by atoms with E-state index < -0.39 is 6.03 Å². The van der Waals surface area contributed by atoms with Crippen molar-refractivity contribution in [2.75, 3.05) is 7.05 Å². The van der Waals surface area contributed by atoms with Gasteiger partial charge < -0.3 is 0 Å². The Morgan fingerprint density at radius 2 is 1.85 bits per heavy atom. The summed E-state index contributed by atoms with van der Waals surface area (Å²) in [5, 5.41) is 0. The van der Waals surface area contributed by atoms with Crippen molar-refractivity contribution >= 4 is 17.6 Å². The lowest BCUT2D eigenvalue weighted by Crippen LogP contribution is -2.38. The SMILES string of the molecule is CC1=NC(=O)N(C)C(=O)C1=C(C)C. The van der Waals surface area contributed by atoms with Crippen LogP contribution in [0.5, 0.6) is 0 Å². The highest BCUT2D eigenvalue weighted by atomic mass is 16.2. The van der Waals surface area contributed by atoms with Gasteiger partial charge in [-0.05, 0) is 20.8 Å². The summed E-state index contributed by atoms with van der Waals surface area (Å²) in [6, 6.07) is -0.493. The first-order chi connectivity index (χ1) is 5.95. The summed E-state index contributed by atoms with van der Waals surface area (Å²) in [5.74, 6) is -0.266. The maximum atomic E-state index is 11.6. The number of carbonyl (C=O) groups excluding carboxylic acids is 2. The van der Waals surface area contributed by atoms with E-state index in [9.17, 15) is 9.59 Å². The molecule has 70 valence electrons. The number of urea groups is 1. The number of carbonyl (C=O) groups is 2. The molecule has 0 bridgehead atoms. The van der Waals surface area contributed by atoms with Gasteiger partial charge in [-0.25, -0.2) is 4.79 Å². The van der Waals surface area contributed by atoms with Gasteiger partial charge in [-0.3, -0.25) is 9.69 Å². The molecule has 0 saturated heterocycles. The zero-order valence-electron chi connectivity index (χ0n) is 8.21. The van der Waals surface area contributed by atoms with Gasteiger partial charge in [0.15, 0.2) is 0 Å². The smallest absolute Gasteiger partial charge is 0.268 e. The van der Waals surface area contributed by atoms with Crippen LogP contribution in [0.4, 0.5) is 4.79 Å². The maximum absolute atomic E-state index is 11.6. The summed E-state index contributed by atoms with van der Waals surface area (Å²) in [6.45, 7) is 5.33. The predicted octanol–water partition coefficient (Wildman–Crippen LogP) is 1.38. The Labute approximate surface area is 76.9 Å². The maximum Gasteiger partial charge on any atom is 0.350 e. The second-order valence-corrected chi connectivity index (χ2v) is 3.22. The minimum absolute atomic E-state index is 0.266. The van der Waals surface area contributed by atoms with Crippen LogP contribution in [0, 0.1) is 0 Å². The predicted molar refractivity (Wildman–Crippen MR) is 49.6 cm³/mol. The highest BCUT2D eigenvalue weighted by Gasteiger charge is 2.28. The lowest BCUT2D eigenvalue weighted by molar-refractivity contribution is -0.122. The van der Waals surface area contributed by atoms with Crippen LogP contribution >= 0.6 is 0 Å². The van der Waals surface area contributed by atoms with Gasteiger partial charge in [0.2, 0.25) is 0 Å². The minimum Gasteiger partial charge on any atom is -0.268 e. The van der Waals surface area contributed by atoms with E-state index in [-0.39, 0.29) is 5.91 Å². The lowest BCUT2D eigenvalue weighted by atomic mass is 10.0. The quantitative estimate of drug-likeness (QED) is 0.529. The third-order valence-corrected chi connectivity index (χ3v) is 1.93. The molecule has 1 rings (SSSR count). The summed E-state index contributed by atoms with van der Waals surface area (Å²) < 4.78 is 0. The fourth-order valence-electron chi connectivity index (χ4n) is 1.26. The standard InChI is InChI=1S/C9H12N2O2/c1-5(2)7-6(3)10-9(13)11(4)8(7)12/h1-4H3. The highest BCUT2D eigenvalue weighted by molar-refractivity contribution is 6.29. The molecule has 1 aliphatic rings. The number of hydrogen-bond donors (Lipinski definition) is 0. The monoisotopic (exact) mass is 180 g/mol. The van der Waals surface area contributed by atoms with Crippen LogP contribution in [-0.4, -0.2) is 29.6 Å². The lowest BCUT2D eigenvalue weighted by Gasteiger charge is -2.21. The van der Waals surface area contributed by atoms with Gasteiger partial charge in [0.1, 0.15) is 0 Å². The Bertz CT molecular complexity index is 336. The van der Waals surface area contributed by atoms with Crippen molar-refractivity contribution < 1.29 is 9.59 Å². The van der Waals surface area contributed by atoms with Gasteiger partial charge >= 0.3 is 6.03 Å². The third kappa shape index (κ3) is 1.52. The fourth-order valence-corrected chi connectivity index (χ4v) is 1.26. The number of imide groups is 1. The van der Waals surface area contributed by atoms with E-state index >= 15 is 0 Å². The number of rotatable bonds is 0. The zero-order valence-corrected chi connectivity index (χ0v) is 8.21. The summed E-state index contributed by atoms with van der Waals surface area (Å²) in [7, 11) is 1.43. The number of likely N-dealkylation sites (N-methyl/N-ethyl adjacent to an activating group) is 1. The molecule has 1 aliphatic heterocycles. The Hall–Kier alpha value is -1.45. The van der Waals surface area contributed by atoms with Crippen LogP contribution in [0.2, 0.25) is 0 Å². The molecule has 4 heteroatoms. The van der Waals surface area contributed by atoms with Crippen LogP contribution in [0.15, 0.2) is 16.1 Å². The molecule has 0 aliphatic carbocycles. The molecule has 0 atom stereocenters. The number of nitrogens with zero attached hydrogens (tertiary/aromatic N) is 2. The first-order valence-electron chi connectivity index (χ1n) is 4.00.